The summed E-state index contributed by atoms with van der Waals surface area (Å²) >= 11 is 0. The quantitative estimate of drug-likeness (QED) is 0.612. The van der Waals surface area contributed by atoms with Crippen molar-refractivity contribution < 1.29 is 4.79 Å². The first-order chi connectivity index (χ1) is 8.37. The Morgan fingerprint density at radius 3 is 2.28 bits per heavy atom. The first-order valence-electron chi connectivity index (χ1n) is 6.61. The van der Waals surface area contributed by atoms with Crippen LogP contribution in [0.1, 0.15) is 34.6 Å². The van der Waals surface area contributed by atoms with E-state index in [4.69, 9.17) is 0 Å². The standard InChI is InChI=1S/C16H27NO/c1-7-14(4)11-10-12-16(5,6)15(18)13-17(8-2)9-3/h7,10-12H,1,8-9,13H2,2-6H3/b12-10+,14-11-. The Balaban J connectivity index is 4.62. The second kappa shape index (κ2) is 8.04. The molecule has 0 atom stereocenters. The highest BCUT2D eigenvalue weighted by Gasteiger charge is 2.24. The van der Waals surface area contributed by atoms with Gasteiger partial charge in [0.05, 0.1) is 6.54 Å². The lowest BCUT2D eigenvalue weighted by Crippen LogP contribution is -2.36. The lowest BCUT2D eigenvalue weighted by Gasteiger charge is -2.24. The number of ketones is 1. The van der Waals surface area contributed by atoms with E-state index in [0.29, 0.717) is 6.54 Å². The number of rotatable bonds is 8. The minimum Gasteiger partial charge on any atom is -0.297 e. The van der Waals surface area contributed by atoms with Crippen LogP contribution in [-0.2, 0) is 4.79 Å². The average molecular weight is 249 g/mol. The Morgan fingerprint density at radius 2 is 1.83 bits per heavy atom. The molecule has 0 amide bonds. The van der Waals surface area contributed by atoms with Crippen molar-refractivity contribution in [3.63, 3.8) is 0 Å². The number of nitrogens with zero attached hydrogens (tertiary/aromatic N) is 1. The number of Topliss-reactive ketones (excluding diaryl/α,β-unsaturated/α-hetero) is 1. The summed E-state index contributed by atoms with van der Waals surface area (Å²) in [5.74, 6) is 0.257. The van der Waals surface area contributed by atoms with Crippen molar-refractivity contribution in [2.75, 3.05) is 19.6 Å². The van der Waals surface area contributed by atoms with Crippen molar-refractivity contribution in [3.8, 4) is 0 Å². The molecule has 0 aliphatic carbocycles. The number of allylic oxidation sites excluding steroid dienone is 5. The fourth-order valence-corrected chi connectivity index (χ4v) is 1.46. The number of carbonyl (C=O) groups is 1. The van der Waals surface area contributed by atoms with Gasteiger partial charge in [-0.15, -0.1) is 0 Å². The zero-order valence-corrected chi connectivity index (χ0v) is 12.5. The van der Waals surface area contributed by atoms with Crippen molar-refractivity contribution in [2.24, 2.45) is 5.41 Å². The van der Waals surface area contributed by atoms with E-state index in [2.05, 4.69) is 25.3 Å². The summed E-state index contributed by atoms with van der Waals surface area (Å²) < 4.78 is 0. The normalized spacial score (nSPS) is 13.3. The van der Waals surface area contributed by atoms with Gasteiger partial charge in [0, 0.05) is 5.41 Å². The van der Waals surface area contributed by atoms with Gasteiger partial charge in [-0.3, -0.25) is 9.69 Å². The second-order valence-electron chi connectivity index (χ2n) is 5.08. The molecule has 18 heavy (non-hydrogen) atoms. The molecule has 0 fully saturated rings. The molecule has 0 spiro atoms. The summed E-state index contributed by atoms with van der Waals surface area (Å²) in [6.45, 7) is 16.1. The Hall–Kier alpha value is -1.15. The van der Waals surface area contributed by atoms with Gasteiger partial charge >= 0.3 is 0 Å². The molecule has 0 saturated carbocycles. The molecule has 0 aromatic rings. The summed E-state index contributed by atoms with van der Waals surface area (Å²) in [7, 11) is 0. The van der Waals surface area contributed by atoms with E-state index >= 15 is 0 Å². The van der Waals surface area contributed by atoms with Crippen LogP contribution in [0.15, 0.2) is 36.5 Å². The molecule has 0 saturated heterocycles. The summed E-state index contributed by atoms with van der Waals surface area (Å²) in [6, 6.07) is 0. The molecule has 0 aliphatic rings. The highest BCUT2D eigenvalue weighted by Crippen LogP contribution is 2.19. The third-order valence-electron chi connectivity index (χ3n) is 3.17. The van der Waals surface area contributed by atoms with Crippen molar-refractivity contribution in [2.45, 2.75) is 34.6 Å². The van der Waals surface area contributed by atoms with Crippen molar-refractivity contribution in [1.29, 1.82) is 0 Å². The minimum atomic E-state index is -0.416. The number of hydrogen-bond donors (Lipinski definition) is 0. The largest absolute Gasteiger partial charge is 0.297 e. The first kappa shape index (κ1) is 16.9. The molecule has 0 aromatic carbocycles. The predicted octanol–water partition coefficient (Wildman–Crippen LogP) is 3.61. The SMILES string of the molecule is C=C/C(C)=C\C=C\C(C)(C)C(=O)CN(CC)CC. The van der Waals surface area contributed by atoms with E-state index in [1.807, 2.05) is 39.0 Å². The summed E-state index contributed by atoms with van der Waals surface area (Å²) in [5.41, 5.74) is 0.679. The number of carbonyl (C=O) groups excluding carboxylic acids is 1. The monoisotopic (exact) mass is 249 g/mol. The van der Waals surface area contributed by atoms with Gasteiger partial charge in [0.1, 0.15) is 0 Å². The van der Waals surface area contributed by atoms with Gasteiger partial charge in [-0.05, 0) is 33.9 Å². The first-order valence-corrected chi connectivity index (χ1v) is 6.61. The third-order valence-corrected chi connectivity index (χ3v) is 3.17. The third kappa shape index (κ3) is 5.97. The van der Waals surface area contributed by atoms with Gasteiger partial charge in [-0.2, -0.15) is 0 Å². The van der Waals surface area contributed by atoms with Crippen LogP contribution in [0, 0.1) is 5.41 Å². The molecule has 0 aromatic heterocycles. The molecule has 2 heteroatoms. The molecule has 0 rings (SSSR count). The van der Waals surface area contributed by atoms with E-state index in [1.165, 1.54) is 0 Å². The molecule has 0 heterocycles. The molecule has 0 N–H and O–H groups in total. The van der Waals surface area contributed by atoms with Crippen molar-refractivity contribution in [1.82, 2.24) is 4.90 Å². The Kier molecular flexibility index (Phi) is 7.53. The summed E-state index contributed by atoms with van der Waals surface area (Å²) in [4.78, 5) is 14.3. The molecular formula is C16H27NO. The number of hydrogen-bond acceptors (Lipinski definition) is 2. The predicted molar refractivity (Wildman–Crippen MR) is 79.7 cm³/mol. The van der Waals surface area contributed by atoms with Gasteiger partial charge in [0.25, 0.3) is 0 Å². The maximum Gasteiger partial charge on any atom is 0.156 e. The van der Waals surface area contributed by atoms with Crippen LogP contribution >= 0.6 is 0 Å². The lowest BCUT2D eigenvalue weighted by molar-refractivity contribution is -0.126. The molecule has 0 radical (unpaired) electrons. The van der Waals surface area contributed by atoms with E-state index < -0.39 is 5.41 Å². The van der Waals surface area contributed by atoms with Crippen molar-refractivity contribution in [3.05, 3.63) is 36.5 Å². The maximum absolute atomic E-state index is 12.2. The van der Waals surface area contributed by atoms with Gasteiger partial charge in [-0.25, -0.2) is 0 Å². The van der Waals surface area contributed by atoms with E-state index in [1.54, 1.807) is 6.08 Å². The summed E-state index contributed by atoms with van der Waals surface area (Å²) in [5, 5.41) is 0. The van der Waals surface area contributed by atoms with E-state index in [0.717, 1.165) is 18.7 Å². The van der Waals surface area contributed by atoms with Crippen LogP contribution < -0.4 is 0 Å². The average Bonchev–Trinajstić information content (AvgIpc) is 2.34. The van der Waals surface area contributed by atoms with Gasteiger partial charge in [-0.1, -0.05) is 50.3 Å². The lowest BCUT2D eigenvalue weighted by atomic mass is 9.87. The van der Waals surface area contributed by atoms with Crippen molar-refractivity contribution >= 4 is 5.78 Å². The van der Waals surface area contributed by atoms with Gasteiger partial charge in [0.2, 0.25) is 0 Å². The van der Waals surface area contributed by atoms with Crippen LogP contribution in [0.3, 0.4) is 0 Å². The van der Waals surface area contributed by atoms with E-state index in [9.17, 15) is 4.79 Å². The Labute approximate surface area is 112 Å². The van der Waals surface area contributed by atoms with Crippen LogP contribution in [-0.4, -0.2) is 30.3 Å². The Bertz CT molecular complexity index is 333. The maximum atomic E-state index is 12.2. The zero-order chi connectivity index (χ0) is 14.2. The van der Waals surface area contributed by atoms with Crippen LogP contribution in [0.4, 0.5) is 0 Å². The number of likely N-dealkylation sites (N-methyl/N-ethyl adjacent to an activating group) is 1. The molecule has 0 unspecified atom stereocenters. The van der Waals surface area contributed by atoms with Crippen LogP contribution in [0.5, 0.6) is 0 Å². The fourth-order valence-electron chi connectivity index (χ4n) is 1.46. The minimum absolute atomic E-state index is 0.257. The molecule has 2 nitrogen and oxygen atoms in total. The van der Waals surface area contributed by atoms with Crippen LogP contribution in [0.25, 0.3) is 0 Å². The second-order valence-corrected chi connectivity index (χ2v) is 5.08. The van der Waals surface area contributed by atoms with Gasteiger partial charge in [0.15, 0.2) is 5.78 Å². The fraction of sp³-hybridized carbons (Fsp3) is 0.562. The van der Waals surface area contributed by atoms with E-state index in [-0.39, 0.29) is 5.78 Å². The highest BCUT2D eigenvalue weighted by molar-refractivity contribution is 5.87. The topological polar surface area (TPSA) is 20.3 Å². The highest BCUT2D eigenvalue weighted by atomic mass is 16.1. The molecule has 0 bridgehead atoms. The summed E-state index contributed by atoms with van der Waals surface area (Å²) in [6.07, 6.45) is 7.68. The van der Waals surface area contributed by atoms with Gasteiger partial charge < -0.3 is 0 Å². The molecule has 0 aliphatic heterocycles. The smallest absolute Gasteiger partial charge is 0.156 e. The Morgan fingerprint density at radius 1 is 1.28 bits per heavy atom. The zero-order valence-electron chi connectivity index (χ0n) is 12.5. The molecular weight excluding hydrogens is 222 g/mol. The van der Waals surface area contributed by atoms with Crippen LogP contribution in [0.2, 0.25) is 0 Å². The molecule has 102 valence electrons.